The second-order valence-electron chi connectivity index (χ2n) is 5.10. The summed E-state index contributed by atoms with van der Waals surface area (Å²) >= 11 is 4.83. The van der Waals surface area contributed by atoms with Crippen LogP contribution in [0.3, 0.4) is 0 Å². The summed E-state index contributed by atoms with van der Waals surface area (Å²) in [6, 6.07) is 3.47. The summed E-state index contributed by atoms with van der Waals surface area (Å²) in [6.07, 6.45) is 2.71. The van der Waals surface area contributed by atoms with E-state index in [1.54, 1.807) is 22.9 Å². The fraction of sp³-hybridized carbons (Fsp3) is 0.500. The van der Waals surface area contributed by atoms with Gasteiger partial charge in [-0.1, -0.05) is 33.0 Å². The number of hydrogen-bond acceptors (Lipinski definition) is 2. The molecule has 3 nitrogen and oxygen atoms in total. The molecule has 2 N–H and O–H groups in total. The van der Waals surface area contributed by atoms with E-state index in [9.17, 15) is 4.79 Å². The second-order valence-corrected chi connectivity index (χ2v) is 5.54. The lowest BCUT2D eigenvalue weighted by Crippen LogP contribution is -2.29. The van der Waals surface area contributed by atoms with Gasteiger partial charge in [-0.25, -0.2) is 0 Å². The summed E-state index contributed by atoms with van der Waals surface area (Å²) in [6.45, 7) is 7.14. The number of thiocarbonyl (C=S) groups is 1. The zero-order chi connectivity index (χ0) is 12.3. The van der Waals surface area contributed by atoms with Gasteiger partial charge in [0.1, 0.15) is 4.99 Å². The van der Waals surface area contributed by atoms with E-state index in [1.165, 1.54) is 0 Å². The molecule has 4 heteroatoms. The van der Waals surface area contributed by atoms with Gasteiger partial charge in [-0.3, -0.25) is 4.79 Å². The Balaban J connectivity index is 2.95. The van der Waals surface area contributed by atoms with Gasteiger partial charge >= 0.3 is 0 Å². The van der Waals surface area contributed by atoms with Gasteiger partial charge in [0.25, 0.3) is 5.56 Å². The van der Waals surface area contributed by atoms with Crippen molar-refractivity contribution in [2.24, 2.45) is 11.1 Å². The summed E-state index contributed by atoms with van der Waals surface area (Å²) in [5.41, 5.74) is 6.02. The Morgan fingerprint density at radius 1 is 1.50 bits per heavy atom. The van der Waals surface area contributed by atoms with Crippen molar-refractivity contribution in [3.8, 4) is 0 Å². The third kappa shape index (κ3) is 3.45. The minimum Gasteiger partial charge on any atom is -0.389 e. The highest BCUT2D eigenvalue weighted by Gasteiger charge is 2.11. The van der Waals surface area contributed by atoms with Crippen molar-refractivity contribution >= 4 is 17.2 Å². The van der Waals surface area contributed by atoms with Crippen LogP contribution in [0.4, 0.5) is 0 Å². The Morgan fingerprint density at radius 3 is 2.62 bits per heavy atom. The molecule has 0 spiro atoms. The van der Waals surface area contributed by atoms with E-state index < -0.39 is 0 Å². The smallest absolute Gasteiger partial charge is 0.260 e. The minimum atomic E-state index is -0.0979. The maximum atomic E-state index is 11.9. The van der Waals surface area contributed by atoms with Crippen LogP contribution in [-0.4, -0.2) is 9.56 Å². The van der Waals surface area contributed by atoms with Crippen molar-refractivity contribution in [2.75, 3.05) is 0 Å². The zero-order valence-corrected chi connectivity index (χ0v) is 10.8. The predicted octanol–water partition coefficient (Wildman–Crippen LogP) is 1.92. The lowest BCUT2D eigenvalue weighted by Gasteiger charge is -2.18. The normalized spacial score (nSPS) is 11.4. The molecule has 0 unspecified atom stereocenters. The lowest BCUT2D eigenvalue weighted by molar-refractivity contribution is 0.348. The highest BCUT2D eigenvalue weighted by atomic mass is 32.1. The van der Waals surface area contributed by atoms with Gasteiger partial charge in [-0.15, -0.1) is 0 Å². The number of aryl methyl sites for hydroxylation is 1. The first-order chi connectivity index (χ1) is 7.31. The molecular weight excluding hydrogens is 220 g/mol. The van der Waals surface area contributed by atoms with Crippen LogP contribution in [0.5, 0.6) is 0 Å². The first-order valence-corrected chi connectivity index (χ1v) is 5.71. The van der Waals surface area contributed by atoms with E-state index in [-0.39, 0.29) is 16.0 Å². The Morgan fingerprint density at radius 2 is 2.12 bits per heavy atom. The van der Waals surface area contributed by atoms with Gasteiger partial charge in [-0.2, -0.15) is 0 Å². The molecule has 0 atom stereocenters. The lowest BCUT2D eigenvalue weighted by atomic mass is 9.92. The Kier molecular flexibility index (Phi) is 3.86. The summed E-state index contributed by atoms with van der Waals surface area (Å²) in [5, 5.41) is 0. The summed E-state index contributed by atoms with van der Waals surface area (Å²) in [5.74, 6) is 0. The SMILES string of the molecule is CC(C)(C)CCn1cccc(C(N)=S)c1=O. The third-order valence-electron chi connectivity index (χ3n) is 2.39. The first-order valence-electron chi connectivity index (χ1n) is 5.30. The quantitative estimate of drug-likeness (QED) is 0.818. The molecule has 1 aromatic rings. The summed E-state index contributed by atoms with van der Waals surface area (Å²) in [4.78, 5) is 12.1. The number of aromatic nitrogens is 1. The van der Waals surface area contributed by atoms with Gasteiger partial charge in [0.2, 0.25) is 0 Å². The van der Waals surface area contributed by atoms with Gasteiger partial charge in [0.15, 0.2) is 0 Å². The molecule has 0 aliphatic carbocycles. The van der Waals surface area contributed by atoms with Gasteiger partial charge < -0.3 is 10.3 Å². The Bertz CT molecular complexity index is 443. The molecule has 0 aliphatic rings. The van der Waals surface area contributed by atoms with Crippen LogP contribution in [0.25, 0.3) is 0 Å². The standard InChI is InChI=1S/C12H18N2OS/c1-12(2,3)6-8-14-7-4-5-9(10(13)16)11(14)15/h4-5,7H,6,8H2,1-3H3,(H2,13,16). The van der Waals surface area contributed by atoms with Crippen molar-refractivity contribution in [3.05, 3.63) is 34.2 Å². The molecule has 0 saturated heterocycles. The van der Waals surface area contributed by atoms with Crippen molar-refractivity contribution in [3.63, 3.8) is 0 Å². The molecule has 0 saturated carbocycles. The van der Waals surface area contributed by atoms with E-state index in [0.29, 0.717) is 12.1 Å². The fourth-order valence-corrected chi connectivity index (χ4v) is 1.51. The minimum absolute atomic E-state index is 0.0979. The second kappa shape index (κ2) is 4.78. The first kappa shape index (κ1) is 12.9. The fourth-order valence-electron chi connectivity index (χ4n) is 1.36. The van der Waals surface area contributed by atoms with Crippen molar-refractivity contribution in [1.29, 1.82) is 0 Å². The number of hydrogen-bond donors (Lipinski definition) is 1. The molecule has 0 amide bonds. The van der Waals surface area contributed by atoms with Crippen LogP contribution in [-0.2, 0) is 6.54 Å². The van der Waals surface area contributed by atoms with Crippen LogP contribution >= 0.6 is 12.2 Å². The van der Waals surface area contributed by atoms with E-state index >= 15 is 0 Å². The van der Waals surface area contributed by atoms with Gasteiger partial charge in [0, 0.05) is 12.7 Å². The summed E-state index contributed by atoms with van der Waals surface area (Å²) < 4.78 is 1.67. The monoisotopic (exact) mass is 238 g/mol. The molecule has 1 heterocycles. The highest BCUT2D eigenvalue weighted by Crippen LogP contribution is 2.18. The molecule has 0 bridgehead atoms. The van der Waals surface area contributed by atoms with Crippen LogP contribution < -0.4 is 11.3 Å². The molecule has 0 radical (unpaired) electrons. The largest absolute Gasteiger partial charge is 0.389 e. The number of pyridine rings is 1. The van der Waals surface area contributed by atoms with Gasteiger partial charge in [-0.05, 0) is 24.0 Å². The topological polar surface area (TPSA) is 48.0 Å². The maximum absolute atomic E-state index is 11.9. The summed E-state index contributed by atoms with van der Waals surface area (Å²) in [7, 11) is 0. The van der Waals surface area contributed by atoms with E-state index in [4.69, 9.17) is 18.0 Å². The Labute approximate surface area is 101 Å². The number of nitrogens with two attached hydrogens (primary N) is 1. The van der Waals surface area contributed by atoms with E-state index in [0.717, 1.165) is 6.42 Å². The van der Waals surface area contributed by atoms with Crippen LogP contribution in [0.1, 0.15) is 32.8 Å². The molecule has 1 rings (SSSR count). The highest BCUT2D eigenvalue weighted by molar-refractivity contribution is 7.80. The molecule has 1 aromatic heterocycles. The van der Waals surface area contributed by atoms with Crippen molar-refractivity contribution < 1.29 is 0 Å². The predicted molar refractivity (Wildman–Crippen MR) is 70.7 cm³/mol. The average molecular weight is 238 g/mol. The average Bonchev–Trinajstić information content (AvgIpc) is 2.14. The zero-order valence-electron chi connectivity index (χ0n) is 9.99. The van der Waals surface area contributed by atoms with Gasteiger partial charge in [0.05, 0.1) is 5.56 Å². The molecule has 0 aromatic carbocycles. The van der Waals surface area contributed by atoms with E-state index in [2.05, 4.69) is 20.8 Å². The van der Waals surface area contributed by atoms with Crippen LogP contribution in [0.15, 0.2) is 23.1 Å². The molecular formula is C12H18N2OS. The van der Waals surface area contributed by atoms with Crippen molar-refractivity contribution in [2.45, 2.75) is 33.7 Å². The Hall–Kier alpha value is -1.16. The number of rotatable bonds is 3. The molecule has 88 valence electrons. The maximum Gasteiger partial charge on any atom is 0.260 e. The number of nitrogens with zero attached hydrogens (tertiary/aromatic N) is 1. The molecule has 0 fully saturated rings. The van der Waals surface area contributed by atoms with E-state index in [1.807, 2.05) is 0 Å². The third-order valence-corrected chi connectivity index (χ3v) is 2.61. The molecule has 0 aliphatic heterocycles. The molecule has 16 heavy (non-hydrogen) atoms. The van der Waals surface area contributed by atoms with Crippen LogP contribution in [0, 0.1) is 5.41 Å². The van der Waals surface area contributed by atoms with Crippen molar-refractivity contribution in [1.82, 2.24) is 4.57 Å². The van der Waals surface area contributed by atoms with Crippen LogP contribution in [0.2, 0.25) is 0 Å².